The van der Waals surface area contributed by atoms with Gasteiger partial charge in [-0.25, -0.2) is 0 Å². The lowest BCUT2D eigenvalue weighted by molar-refractivity contribution is 0.669. The second kappa shape index (κ2) is 14.4. The summed E-state index contributed by atoms with van der Waals surface area (Å²) >= 11 is 0. The van der Waals surface area contributed by atoms with Crippen molar-refractivity contribution in [1.29, 1.82) is 0 Å². The SMILES string of the molecule is C1=Cc2cccc(-c3ccccc3N(c3ccc(-c4ccc5c(c4)oc4ccccc45)cc3)c3cccc(-c4cccc5c4oc4ccccc45)c3)c2C(c2ccccc2)C1. The molecule has 9 aromatic carbocycles. The van der Waals surface area contributed by atoms with Crippen LogP contribution in [0.25, 0.3) is 83.3 Å². The van der Waals surface area contributed by atoms with Gasteiger partial charge < -0.3 is 13.7 Å². The Morgan fingerprint density at radius 2 is 1.07 bits per heavy atom. The zero-order valence-corrected chi connectivity index (χ0v) is 33.3. The summed E-state index contributed by atoms with van der Waals surface area (Å²) in [5, 5.41) is 4.51. The van der Waals surface area contributed by atoms with Crippen LogP contribution in [-0.4, -0.2) is 0 Å². The molecule has 0 fully saturated rings. The Hall–Kier alpha value is -7.88. The van der Waals surface area contributed by atoms with Gasteiger partial charge in [-0.2, -0.15) is 0 Å². The average molecular weight is 782 g/mol. The molecule has 2 aromatic heterocycles. The van der Waals surface area contributed by atoms with Crippen molar-refractivity contribution in [2.75, 3.05) is 4.90 Å². The molecule has 1 atom stereocenters. The summed E-state index contributed by atoms with van der Waals surface area (Å²) in [6.07, 6.45) is 5.57. The van der Waals surface area contributed by atoms with E-state index in [9.17, 15) is 0 Å². The molecule has 12 rings (SSSR count). The average Bonchev–Trinajstić information content (AvgIpc) is 3.90. The molecule has 0 spiro atoms. The van der Waals surface area contributed by atoms with E-state index in [1.165, 1.54) is 27.8 Å². The molecule has 2 heterocycles. The third-order valence-corrected chi connectivity index (χ3v) is 12.5. The second-order valence-electron chi connectivity index (χ2n) is 15.9. The van der Waals surface area contributed by atoms with Crippen molar-refractivity contribution >= 4 is 67.0 Å². The minimum absolute atomic E-state index is 0.245. The molecule has 0 saturated carbocycles. The van der Waals surface area contributed by atoms with Gasteiger partial charge in [0.2, 0.25) is 0 Å². The van der Waals surface area contributed by atoms with E-state index in [0.717, 1.165) is 89.6 Å². The van der Waals surface area contributed by atoms with Crippen LogP contribution in [0.2, 0.25) is 0 Å². The van der Waals surface area contributed by atoms with Crippen LogP contribution in [0.5, 0.6) is 0 Å². The van der Waals surface area contributed by atoms with Crippen LogP contribution in [-0.2, 0) is 0 Å². The summed E-state index contributed by atoms with van der Waals surface area (Å²) in [4.78, 5) is 2.42. The number of hydrogen-bond acceptors (Lipinski definition) is 3. The lowest BCUT2D eigenvalue weighted by atomic mass is 9.78. The number of anilines is 3. The zero-order valence-electron chi connectivity index (χ0n) is 33.3. The van der Waals surface area contributed by atoms with E-state index < -0.39 is 0 Å². The number of benzene rings is 9. The highest BCUT2D eigenvalue weighted by Crippen LogP contribution is 2.48. The van der Waals surface area contributed by atoms with E-state index >= 15 is 0 Å². The summed E-state index contributed by atoms with van der Waals surface area (Å²) in [6, 6.07) is 74.0. The number of allylic oxidation sites excluding steroid dienone is 1. The molecule has 0 saturated heterocycles. The summed E-state index contributed by atoms with van der Waals surface area (Å²) in [5.41, 5.74) is 17.6. The molecule has 3 nitrogen and oxygen atoms in total. The molecule has 61 heavy (non-hydrogen) atoms. The van der Waals surface area contributed by atoms with Gasteiger partial charge in [-0.05, 0) is 100.0 Å². The first kappa shape index (κ1) is 35.1. The van der Waals surface area contributed by atoms with Gasteiger partial charge >= 0.3 is 0 Å². The van der Waals surface area contributed by atoms with Gasteiger partial charge in [0.25, 0.3) is 0 Å². The number of rotatable bonds is 7. The van der Waals surface area contributed by atoms with Crippen molar-refractivity contribution in [3.63, 3.8) is 0 Å². The lowest BCUT2D eigenvalue weighted by Crippen LogP contribution is -2.13. The number of hydrogen-bond donors (Lipinski definition) is 0. The summed E-state index contributed by atoms with van der Waals surface area (Å²) in [5.74, 6) is 0.245. The highest BCUT2D eigenvalue weighted by Gasteiger charge is 2.26. The molecule has 0 N–H and O–H groups in total. The van der Waals surface area contributed by atoms with Crippen LogP contribution in [0.3, 0.4) is 0 Å². The van der Waals surface area contributed by atoms with Crippen LogP contribution < -0.4 is 4.90 Å². The molecule has 0 bridgehead atoms. The van der Waals surface area contributed by atoms with Gasteiger partial charge in [0.05, 0.1) is 5.69 Å². The summed E-state index contributed by atoms with van der Waals surface area (Å²) < 4.78 is 12.9. The zero-order chi connectivity index (χ0) is 40.3. The molecular weight excluding hydrogens is 743 g/mol. The molecule has 11 aromatic rings. The third-order valence-electron chi connectivity index (χ3n) is 12.5. The Morgan fingerprint density at radius 3 is 1.93 bits per heavy atom. The Bertz CT molecular complexity index is 3460. The molecule has 1 aliphatic carbocycles. The van der Waals surface area contributed by atoms with E-state index in [2.05, 4.69) is 199 Å². The van der Waals surface area contributed by atoms with Gasteiger partial charge in [-0.1, -0.05) is 164 Å². The first-order valence-corrected chi connectivity index (χ1v) is 21.0. The fourth-order valence-corrected chi connectivity index (χ4v) is 9.61. The maximum Gasteiger partial charge on any atom is 0.143 e. The normalized spacial score (nSPS) is 13.6. The van der Waals surface area contributed by atoms with Crippen molar-refractivity contribution in [3.8, 4) is 33.4 Å². The maximum absolute atomic E-state index is 6.56. The molecule has 0 radical (unpaired) electrons. The predicted molar refractivity (Wildman–Crippen MR) is 254 cm³/mol. The van der Waals surface area contributed by atoms with Crippen molar-refractivity contribution in [2.24, 2.45) is 0 Å². The minimum Gasteiger partial charge on any atom is -0.456 e. The summed E-state index contributed by atoms with van der Waals surface area (Å²) in [7, 11) is 0. The minimum atomic E-state index is 0.245. The molecule has 0 amide bonds. The first-order chi connectivity index (χ1) is 30.2. The van der Waals surface area contributed by atoms with Gasteiger partial charge in [0, 0.05) is 50.0 Å². The van der Waals surface area contributed by atoms with Crippen LogP contribution in [0.15, 0.2) is 221 Å². The largest absolute Gasteiger partial charge is 0.456 e. The topological polar surface area (TPSA) is 29.5 Å². The smallest absolute Gasteiger partial charge is 0.143 e. The van der Waals surface area contributed by atoms with E-state index in [0.29, 0.717) is 0 Å². The van der Waals surface area contributed by atoms with Crippen LogP contribution >= 0.6 is 0 Å². The van der Waals surface area contributed by atoms with Crippen molar-refractivity contribution in [1.82, 2.24) is 0 Å². The molecule has 1 aliphatic rings. The Balaban J connectivity index is 1.03. The first-order valence-electron chi connectivity index (χ1n) is 21.0. The van der Waals surface area contributed by atoms with Crippen LogP contribution in [0.1, 0.15) is 29.0 Å². The number of para-hydroxylation sites is 4. The van der Waals surface area contributed by atoms with E-state index in [1.54, 1.807) is 0 Å². The third kappa shape index (κ3) is 5.97. The Morgan fingerprint density at radius 1 is 0.410 bits per heavy atom. The quantitative estimate of drug-likeness (QED) is 0.161. The fraction of sp³-hybridized carbons (Fsp3) is 0.0345. The van der Waals surface area contributed by atoms with Gasteiger partial charge in [-0.3, -0.25) is 0 Å². The Labute approximate surface area is 354 Å². The van der Waals surface area contributed by atoms with Crippen LogP contribution in [0.4, 0.5) is 17.1 Å². The predicted octanol–water partition coefficient (Wildman–Crippen LogP) is 16.5. The van der Waals surface area contributed by atoms with E-state index in [4.69, 9.17) is 8.83 Å². The lowest BCUT2D eigenvalue weighted by Gasteiger charge is -2.31. The second-order valence-corrected chi connectivity index (χ2v) is 15.9. The molecule has 0 aliphatic heterocycles. The molecule has 288 valence electrons. The Kier molecular flexibility index (Phi) is 8.31. The fourth-order valence-electron chi connectivity index (χ4n) is 9.61. The highest BCUT2D eigenvalue weighted by molar-refractivity contribution is 6.10. The monoisotopic (exact) mass is 781 g/mol. The van der Waals surface area contributed by atoms with E-state index in [1.807, 2.05) is 24.3 Å². The van der Waals surface area contributed by atoms with Gasteiger partial charge in [-0.15, -0.1) is 0 Å². The summed E-state index contributed by atoms with van der Waals surface area (Å²) in [6.45, 7) is 0. The number of fused-ring (bicyclic) bond motifs is 7. The van der Waals surface area contributed by atoms with Crippen molar-refractivity contribution < 1.29 is 8.83 Å². The number of nitrogens with zero attached hydrogens (tertiary/aromatic N) is 1. The van der Waals surface area contributed by atoms with Gasteiger partial charge in [0.1, 0.15) is 22.3 Å². The van der Waals surface area contributed by atoms with Crippen molar-refractivity contribution in [2.45, 2.75) is 12.3 Å². The standard InChI is InChI=1S/C58H39NO2/c1-2-14-39(15-3-1)45-23-11-16-40-17-12-25-51(57(40)45)47-20-4-7-27-53(47)59(43-33-30-38(31-34-43)41-32-35-50-48-21-5-8-28-54(48)60-56(50)37-41)44-19-10-18-42(36-44)46-24-13-26-52-49-22-6-9-29-55(49)61-58(46)52/h1-22,24-37,45H,23H2. The highest BCUT2D eigenvalue weighted by atomic mass is 16.3. The van der Waals surface area contributed by atoms with Crippen molar-refractivity contribution in [3.05, 3.63) is 229 Å². The molecular formula is C58H39NO2. The number of furan rings is 2. The molecule has 3 heteroatoms. The molecule has 1 unspecified atom stereocenters. The van der Waals surface area contributed by atoms with Gasteiger partial charge in [0.15, 0.2) is 0 Å². The van der Waals surface area contributed by atoms with Crippen LogP contribution in [0, 0.1) is 0 Å². The van der Waals surface area contributed by atoms with E-state index in [-0.39, 0.29) is 5.92 Å². The maximum atomic E-state index is 6.56.